The van der Waals surface area contributed by atoms with E-state index in [4.69, 9.17) is 4.74 Å². The SMILES string of the molecule is CCCCC1COc2cccc3c(SCC(=O)N(C)c4ccc(C(F)(F)F)cc4)cc[n+]1c23. The first-order valence-electron chi connectivity index (χ1n) is 11.0. The molecule has 1 atom stereocenters. The van der Waals surface area contributed by atoms with Crippen LogP contribution in [0.5, 0.6) is 5.75 Å². The molecule has 174 valence electrons. The third-order valence-corrected chi connectivity index (χ3v) is 6.99. The topological polar surface area (TPSA) is 33.4 Å². The lowest BCUT2D eigenvalue weighted by atomic mass is 10.1. The van der Waals surface area contributed by atoms with Crippen LogP contribution in [-0.2, 0) is 11.0 Å². The summed E-state index contributed by atoms with van der Waals surface area (Å²) in [4.78, 5) is 15.1. The van der Waals surface area contributed by atoms with Crippen molar-refractivity contribution in [2.45, 2.75) is 43.3 Å². The summed E-state index contributed by atoms with van der Waals surface area (Å²) in [6, 6.07) is 12.9. The van der Waals surface area contributed by atoms with Crippen molar-refractivity contribution in [2.24, 2.45) is 0 Å². The number of alkyl halides is 3. The number of hydrogen-bond acceptors (Lipinski definition) is 3. The summed E-state index contributed by atoms with van der Waals surface area (Å²) in [6.45, 7) is 2.83. The lowest BCUT2D eigenvalue weighted by molar-refractivity contribution is -0.704. The summed E-state index contributed by atoms with van der Waals surface area (Å²) in [6.07, 6.45) is 0.980. The van der Waals surface area contributed by atoms with Crippen LogP contribution in [0.15, 0.2) is 59.6 Å². The molecule has 1 unspecified atom stereocenters. The zero-order valence-corrected chi connectivity index (χ0v) is 19.4. The number of carbonyl (C=O) groups excluding carboxylic acids is 1. The second-order valence-corrected chi connectivity index (χ2v) is 9.15. The van der Waals surface area contributed by atoms with Gasteiger partial charge in [-0.15, -0.1) is 11.8 Å². The molecule has 8 heteroatoms. The molecule has 2 heterocycles. The van der Waals surface area contributed by atoms with Crippen molar-refractivity contribution >= 4 is 34.3 Å². The number of ether oxygens (including phenoxy) is 1. The molecule has 0 radical (unpaired) electrons. The van der Waals surface area contributed by atoms with Gasteiger partial charge in [0.1, 0.15) is 0 Å². The van der Waals surface area contributed by atoms with Gasteiger partial charge in [-0.05, 0) is 42.8 Å². The molecule has 4 nitrogen and oxygen atoms in total. The molecule has 0 saturated heterocycles. The molecule has 1 aromatic heterocycles. The fourth-order valence-electron chi connectivity index (χ4n) is 4.03. The number of anilines is 1. The summed E-state index contributed by atoms with van der Waals surface area (Å²) in [7, 11) is 1.57. The first kappa shape index (κ1) is 23.4. The molecular formula is C25H26F3N2O2S+. The number of para-hydroxylation sites is 1. The van der Waals surface area contributed by atoms with E-state index in [-0.39, 0.29) is 17.7 Å². The molecule has 0 bridgehead atoms. The molecule has 4 rings (SSSR count). The summed E-state index contributed by atoms with van der Waals surface area (Å²) in [5.41, 5.74) is 0.730. The lowest BCUT2D eigenvalue weighted by Crippen LogP contribution is -2.46. The van der Waals surface area contributed by atoms with Crippen LogP contribution in [0.4, 0.5) is 18.9 Å². The standard InChI is InChI=1S/C25H26F3N2O2S/c1-3-4-6-19-15-32-21-8-5-7-20-22(13-14-30(19)24(20)21)33-16-23(31)29(2)18-11-9-17(10-12-18)25(26,27)28/h5,7-14,19H,3-4,6,15-16H2,1-2H3/q+1. The van der Waals surface area contributed by atoms with Gasteiger partial charge < -0.3 is 9.64 Å². The van der Waals surface area contributed by atoms with Crippen LogP contribution < -0.4 is 14.2 Å². The monoisotopic (exact) mass is 475 g/mol. The first-order chi connectivity index (χ1) is 15.8. The normalized spacial score (nSPS) is 15.4. The molecule has 1 aliphatic rings. The zero-order valence-electron chi connectivity index (χ0n) is 18.6. The van der Waals surface area contributed by atoms with Gasteiger partial charge in [-0.25, -0.2) is 0 Å². The molecule has 0 spiro atoms. The largest absolute Gasteiger partial charge is 0.480 e. The number of aromatic nitrogens is 1. The van der Waals surface area contributed by atoms with Crippen molar-refractivity contribution in [2.75, 3.05) is 24.3 Å². The van der Waals surface area contributed by atoms with E-state index < -0.39 is 11.7 Å². The van der Waals surface area contributed by atoms with E-state index in [0.717, 1.165) is 52.9 Å². The Morgan fingerprint density at radius 3 is 2.64 bits per heavy atom. The average molecular weight is 476 g/mol. The minimum atomic E-state index is -4.40. The van der Waals surface area contributed by atoms with Gasteiger partial charge in [-0.1, -0.05) is 19.4 Å². The number of benzene rings is 2. The summed E-state index contributed by atoms with van der Waals surface area (Å²) < 4.78 is 46.7. The van der Waals surface area contributed by atoms with Crippen LogP contribution in [0.25, 0.3) is 10.9 Å². The van der Waals surface area contributed by atoms with Gasteiger partial charge in [0.25, 0.3) is 5.52 Å². The number of pyridine rings is 1. The van der Waals surface area contributed by atoms with Gasteiger partial charge in [0, 0.05) is 30.1 Å². The van der Waals surface area contributed by atoms with Crippen molar-refractivity contribution in [3.05, 3.63) is 60.3 Å². The number of halogens is 3. The Labute approximate surface area is 195 Å². The highest BCUT2D eigenvalue weighted by Gasteiger charge is 2.31. The van der Waals surface area contributed by atoms with Crippen LogP contribution in [-0.4, -0.2) is 25.3 Å². The molecular weight excluding hydrogens is 449 g/mol. The molecule has 0 saturated carbocycles. The second kappa shape index (κ2) is 9.63. The van der Waals surface area contributed by atoms with Crippen molar-refractivity contribution in [3.8, 4) is 5.75 Å². The number of thioether (sulfide) groups is 1. The van der Waals surface area contributed by atoms with E-state index in [1.165, 1.54) is 28.8 Å². The maximum atomic E-state index is 12.8. The van der Waals surface area contributed by atoms with Crippen molar-refractivity contribution in [1.82, 2.24) is 0 Å². The summed E-state index contributed by atoms with van der Waals surface area (Å²) >= 11 is 1.42. The first-order valence-corrected chi connectivity index (χ1v) is 11.9. The average Bonchev–Trinajstić information content (AvgIpc) is 2.82. The third kappa shape index (κ3) is 4.95. The highest BCUT2D eigenvalue weighted by Crippen LogP contribution is 2.35. The molecule has 1 aliphatic heterocycles. The lowest BCUT2D eigenvalue weighted by Gasteiger charge is -2.22. The van der Waals surface area contributed by atoms with Crippen LogP contribution in [0.3, 0.4) is 0 Å². The Bertz CT molecular complexity index is 1150. The number of hydrogen-bond donors (Lipinski definition) is 0. The fourth-order valence-corrected chi connectivity index (χ4v) is 4.98. The highest BCUT2D eigenvalue weighted by molar-refractivity contribution is 8.00. The molecule has 0 fully saturated rings. The smallest absolute Gasteiger partial charge is 0.416 e. The summed E-state index contributed by atoms with van der Waals surface area (Å²) in [5, 5.41) is 1.03. The molecule has 1 amide bonds. The van der Waals surface area contributed by atoms with Crippen LogP contribution in [0.2, 0.25) is 0 Å². The summed E-state index contributed by atoms with van der Waals surface area (Å²) in [5.74, 6) is 0.821. The van der Waals surface area contributed by atoms with E-state index >= 15 is 0 Å². The maximum absolute atomic E-state index is 12.8. The third-order valence-electron chi connectivity index (χ3n) is 5.93. The van der Waals surface area contributed by atoms with Crippen molar-refractivity contribution in [3.63, 3.8) is 0 Å². The van der Waals surface area contributed by atoms with E-state index in [0.29, 0.717) is 12.3 Å². The Kier molecular flexibility index (Phi) is 6.83. The predicted octanol–water partition coefficient (Wildman–Crippen LogP) is 6.02. The van der Waals surface area contributed by atoms with Gasteiger partial charge in [0.2, 0.25) is 5.91 Å². The highest BCUT2D eigenvalue weighted by atomic mass is 32.2. The van der Waals surface area contributed by atoms with Gasteiger partial charge in [-0.2, -0.15) is 17.7 Å². The van der Waals surface area contributed by atoms with Crippen LogP contribution in [0, 0.1) is 0 Å². The number of rotatable bonds is 7. The number of carbonyl (C=O) groups is 1. The van der Waals surface area contributed by atoms with Gasteiger partial charge in [0.05, 0.1) is 16.7 Å². The Morgan fingerprint density at radius 1 is 1.18 bits per heavy atom. The number of nitrogens with zero attached hydrogens (tertiary/aromatic N) is 2. The van der Waals surface area contributed by atoms with Crippen molar-refractivity contribution in [1.29, 1.82) is 0 Å². The second-order valence-electron chi connectivity index (χ2n) is 8.13. The van der Waals surface area contributed by atoms with Crippen LogP contribution in [0.1, 0.15) is 37.8 Å². The molecule has 2 aromatic carbocycles. The fraction of sp³-hybridized carbons (Fsp3) is 0.360. The quantitative estimate of drug-likeness (QED) is 0.309. The van der Waals surface area contributed by atoms with E-state index in [1.807, 2.05) is 24.3 Å². The van der Waals surface area contributed by atoms with E-state index in [9.17, 15) is 18.0 Å². The molecule has 0 aliphatic carbocycles. The number of unbranched alkanes of at least 4 members (excludes halogenated alkanes) is 1. The van der Waals surface area contributed by atoms with Gasteiger partial charge in [-0.3, -0.25) is 4.79 Å². The molecule has 33 heavy (non-hydrogen) atoms. The minimum absolute atomic E-state index is 0.168. The van der Waals surface area contributed by atoms with E-state index in [2.05, 4.69) is 17.7 Å². The van der Waals surface area contributed by atoms with Gasteiger partial charge in [0.15, 0.2) is 24.6 Å². The Hall–Kier alpha value is -2.74. The Balaban J connectivity index is 1.51. The predicted molar refractivity (Wildman–Crippen MR) is 124 cm³/mol. The minimum Gasteiger partial charge on any atom is -0.480 e. The maximum Gasteiger partial charge on any atom is 0.416 e. The van der Waals surface area contributed by atoms with Gasteiger partial charge >= 0.3 is 6.18 Å². The molecule has 0 N–H and O–H groups in total. The number of amides is 1. The zero-order chi connectivity index (χ0) is 23.6. The van der Waals surface area contributed by atoms with Crippen LogP contribution >= 0.6 is 11.8 Å². The Morgan fingerprint density at radius 2 is 1.94 bits per heavy atom. The van der Waals surface area contributed by atoms with Crippen molar-refractivity contribution < 1.29 is 27.3 Å². The van der Waals surface area contributed by atoms with E-state index in [1.54, 1.807) is 7.05 Å². The molecule has 3 aromatic rings.